The van der Waals surface area contributed by atoms with Crippen LogP contribution < -0.4 is 5.32 Å². The Morgan fingerprint density at radius 1 is 1.30 bits per heavy atom. The van der Waals surface area contributed by atoms with E-state index in [1.165, 1.54) is 0 Å². The molecule has 5 nitrogen and oxygen atoms in total. The summed E-state index contributed by atoms with van der Waals surface area (Å²) in [5.74, 6) is -0.335. The van der Waals surface area contributed by atoms with Crippen molar-refractivity contribution in [1.82, 2.24) is 10.2 Å². The van der Waals surface area contributed by atoms with E-state index in [4.69, 9.17) is 0 Å². The van der Waals surface area contributed by atoms with Gasteiger partial charge in [0.15, 0.2) is 0 Å². The Morgan fingerprint density at radius 3 is 2.57 bits per heavy atom. The van der Waals surface area contributed by atoms with Crippen molar-refractivity contribution < 1.29 is 14.7 Å². The molecule has 1 unspecified atom stereocenters. The first-order valence-electron chi connectivity index (χ1n) is 8.11. The summed E-state index contributed by atoms with van der Waals surface area (Å²) in [6.45, 7) is 6.54. The average molecular weight is 318 g/mol. The summed E-state index contributed by atoms with van der Waals surface area (Å²) >= 11 is 0. The van der Waals surface area contributed by atoms with Gasteiger partial charge in [-0.2, -0.15) is 0 Å². The second kappa shape index (κ2) is 7.13. The van der Waals surface area contributed by atoms with Crippen molar-refractivity contribution in [3.63, 3.8) is 0 Å². The number of carbonyl (C=O) groups is 2. The van der Waals surface area contributed by atoms with E-state index in [0.29, 0.717) is 18.7 Å². The molecule has 126 valence electrons. The van der Waals surface area contributed by atoms with Gasteiger partial charge in [0.25, 0.3) is 5.91 Å². The van der Waals surface area contributed by atoms with E-state index in [1.807, 2.05) is 31.2 Å². The lowest BCUT2D eigenvalue weighted by Gasteiger charge is -2.34. The summed E-state index contributed by atoms with van der Waals surface area (Å²) in [7, 11) is 0. The SMILES string of the molecule is Cc1ccc(C(=O)N2CCCC(C(=O)NC(C)(C)CO)C2)cc1. The predicted molar refractivity (Wildman–Crippen MR) is 89.1 cm³/mol. The zero-order valence-corrected chi connectivity index (χ0v) is 14.1. The number of likely N-dealkylation sites (tertiary alicyclic amines) is 1. The van der Waals surface area contributed by atoms with E-state index >= 15 is 0 Å². The summed E-state index contributed by atoms with van der Waals surface area (Å²) in [6.07, 6.45) is 1.58. The summed E-state index contributed by atoms with van der Waals surface area (Å²) in [6, 6.07) is 7.50. The standard InChI is InChI=1S/C18H26N2O3/c1-13-6-8-14(9-7-13)17(23)20-10-4-5-15(11-20)16(22)19-18(2,3)12-21/h6-9,15,21H,4-5,10-12H2,1-3H3,(H,19,22). The largest absolute Gasteiger partial charge is 0.394 e. The number of rotatable bonds is 4. The minimum atomic E-state index is -0.639. The zero-order valence-electron chi connectivity index (χ0n) is 14.1. The van der Waals surface area contributed by atoms with Crippen LogP contribution in [0, 0.1) is 12.8 Å². The van der Waals surface area contributed by atoms with Crippen LogP contribution >= 0.6 is 0 Å². The molecule has 1 aliphatic heterocycles. The molecule has 0 saturated carbocycles. The fraction of sp³-hybridized carbons (Fsp3) is 0.556. The molecule has 23 heavy (non-hydrogen) atoms. The Labute approximate surface area is 137 Å². The molecular formula is C18H26N2O3. The van der Waals surface area contributed by atoms with Crippen LogP contribution in [-0.2, 0) is 4.79 Å². The first-order chi connectivity index (χ1) is 10.8. The number of nitrogens with zero attached hydrogens (tertiary/aromatic N) is 1. The summed E-state index contributed by atoms with van der Waals surface area (Å²) in [4.78, 5) is 26.7. The van der Waals surface area contributed by atoms with Crippen molar-refractivity contribution in [2.75, 3.05) is 19.7 Å². The summed E-state index contributed by atoms with van der Waals surface area (Å²) in [5.41, 5.74) is 1.14. The van der Waals surface area contributed by atoms with Crippen molar-refractivity contribution in [1.29, 1.82) is 0 Å². The molecule has 1 aliphatic rings. The predicted octanol–water partition coefficient (Wildman–Crippen LogP) is 1.73. The normalized spacial score (nSPS) is 18.6. The minimum absolute atomic E-state index is 0.0241. The fourth-order valence-corrected chi connectivity index (χ4v) is 2.73. The summed E-state index contributed by atoms with van der Waals surface area (Å²) in [5, 5.41) is 12.1. The third-order valence-electron chi connectivity index (χ3n) is 4.23. The van der Waals surface area contributed by atoms with Crippen LogP contribution in [0.1, 0.15) is 42.6 Å². The van der Waals surface area contributed by atoms with Gasteiger partial charge in [-0.1, -0.05) is 17.7 Å². The number of piperidine rings is 1. The van der Waals surface area contributed by atoms with Gasteiger partial charge in [-0.15, -0.1) is 0 Å². The highest BCUT2D eigenvalue weighted by atomic mass is 16.3. The molecule has 0 aromatic heterocycles. The third kappa shape index (κ3) is 4.55. The fourth-order valence-electron chi connectivity index (χ4n) is 2.73. The molecule has 1 fully saturated rings. The maximum absolute atomic E-state index is 12.6. The van der Waals surface area contributed by atoms with Crippen molar-refractivity contribution in [3.05, 3.63) is 35.4 Å². The van der Waals surface area contributed by atoms with Crippen LogP contribution in [0.25, 0.3) is 0 Å². The van der Waals surface area contributed by atoms with Gasteiger partial charge < -0.3 is 15.3 Å². The van der Waals surface area contributed by atoms with Gasteiger partial charge in [0.1, 0.15) is 0 Å². The maximum atomic E-state index is 12.6. The Hall–Kier alpha value is -1.88. The molecule has 1 saturated heterocycles. The lowest BCUT2D eigenvalue weighted by Crippen LogP contribution is -2.52. The van der Waals surface area contributed by atoms with Crippen LogP contribution in [0.3, 0.4) is 0 Å². The number of hydrogen-bond donors (Lipinski definition) is 2. The van der Waals surface area contributed by atoms with E-state index in [-0.39, 0.29) is 24.3 Å². The number of benzene rings is 1. The van der Waals surface area contributed by atoms with Gasteiger partial charge in [0, 0.05) is 18.7 Å². The Balaban J connectivity index is 2.01. The van der Waals surface area contributed by atoms with Crippen molar-refractivity contribution in [2.24, 2.45) is 5.92 Å². The smallest absolute Gasteiger partial charge is 0.253 e. The molecule has 0 bridgehead atoms. The van der Waals surface area contributed by atoms with Crippen LogP contribution in [-0.4, -0.2) is 47.1 Å². The van der Waals surface area contributed by atoms with Gasteiger partial charge >= 0.3 is 0 Å². The molecule has 0 aliphatic carbocycles. The highest BCUT2D eigenvalue weighted by Crippen LogP contribution is 2.20. The second-order valence-electron chi connectivity index (χ2n) is 6.99. The molecular weight excluding hydrogens is 292 g/mol. The van der Waals surface area contributed by atoms with Gasteiger partial charge in [-0.3, -0.25) is 9.59 Å². The molecule has 0 radical (unpaired) electrons. The first kappa shape index (κ1) is 17.5. The number of nitrogens with one attached hydrogen (secondary N) is 1. The monoisotopic (exact) mass is 318 g/mol. The topological polar surface area (TPSA) is 69.6 Å². The van der Waals surface area contributed by atoms with Crippen LogP contribution in [0.4, 0.5) is 0 Å². The second-order valence-corrected chi connectivity index (χ2v) is 6.99. The number of amides is 2. The molecule has 0 spiro atoms. The number of aryl methyl sites for hydroxylation is 1. The highest BCUT2D eigenvalue weighted by Gasteiger charge is 2.31. The lowest BCUT2D eigenvalue weighted by atomic mass is 9.95. The number of aliphatic hydroxyl groups excluding tert-OH is 1. The van der Waals surface area contributed by atoms with Crippen molar-refractivity contribution in [3.8, 4) is 0 Å². The molecule has 2 amide bonds. The lowest BCUT2D eigenvalue weighted by molar-refractivity contribution is -0.128. The molecule has 2 N–H and O–H groups in total. The van der Waals surface area contributed by atoms with Crippen LogP contribution in [0.2, 0.25) is 0 Å². The van der Waals surface area contributed by atoms with Gasteiger partial charge in [-0.05, 0) is 45.7 Å². The van der Waals surface area contributed by atoms with E-state index < -0.39 is 5.54 Å². The van der Waals surface area contributed by atoms with E-state index in [2.05, 4.69) is 5.32 Å². The molecule has 2 rings (SSSR count). The average Bonchev–Trinajstić information content (AvgIpc) is 2.54. The number of carbonyl (C=O) groups excluding carboxylic acids is 2. The first-order valence-corrected chi connectivity index (χ1v) is 8.11. The quantitative estimate of drug-likeness (QED) is 0.888. The number of aliphatic hydroxyl groups is 1. The summed E-state index contributed by atoms with van der Waals surface area (Å²) < 4.78 is 0. The van der Waals surface area contributed by atoms with E-state index in [9.17, 15) is 14.7 Å². The third-order valence-corrected chi connectivity index (χ3v) is 4.23. The van der Waals surface area contributed by atoms with Crippen LogP contribution in [0.15, 0.2) is 24.3 Å². The highest BCUT2D eigenvalue weighted by molar-refractivity contribution is 5.94. The van der Waals surface area contributed by atoms with Crippen LogP contribution in [0.5, 0.6) is 0 Å². The Bertz CT molecular complexity index is 566. The minimum Gasteiger partial charge on any atom is -0.394 e. The Morgan fingerprint density at radius 2 is 1.96 bits per heavy atom. The molecule has 1 heterocycles. The number of hydrogen-bond acceptors (Lipinski definition) is 3. The molecule has 1 aromatic carbocycles. The van der Waals surface area contributed by atoms with Gasteiger partial charge in [0.2, 0.25) is 5.91 Å². The molecule has 1 aromatic rings. The zero-order chi connectivity index (χ0) is 17.0. The molecule has 5 heteroatoms. The van der Waals surface area contributed by atoms with Gasteiger partial charge in [-0.25, -0.2) is 0 Å². The van der Waals surface area contributed by atoms with E-state index in [0.717, 1.165) is 18.4 Å². The molecule has 1 atom stereocenters. The van der Waals surface area contributed by atoms with E-state index in [1.54, 1.807) is 18.7 Å². The maximum Gasteiger partial charge on any atom is 0.253 e. The van der Waals surface area contributed by atoms with Gasteiger partial charge in [0.05, 0.1) is 18.1 Å². The van der Waals surface area contributed by atoms with Crippen molar-refractivity contribution in [2.45, 2.75) is 39.2 Å². The van der Waals surface area contributed by atoms with Crippen molar-refractivity contribution >= 4 is 11.8 Å². The Kier molecular flexibility index (Phi) is 5.42.